The van der Waals surface area contributed by atoms with Crippen molar-refractivity contribution in [1.82, 2.24) is 0 Å². The first-order valence-corrected chi connectivity index (χ1v) is 13.3. The van der Waals surface area contributed by atoms with Crippen molar-refractivity contribution >= 4 is 35.1 Å². The molecule has 2 rings (SSSR count). The lowest BCUT2D eigenvalue weighted by Gasteiger charge is -2.16. The van der Waals surface area contributed by atoms with E-state index in [0.29, 0.717) is 48.0 Å². The smallest absolute Gasteiger partial charge is 0.347 e. The van der Waals surface area contributed by atoms with Crippen LogP contribution < -0.4 is 9.47 Å². The molecule has 0 amide bonds. The number of hydrogen-bond donors (Lipinski definition) is 0. The second kappa shape index (κ2) is 17.9. The summed E-state index contributed by atoms with van der Waals surface area (Å²) in [5.41, 5.74) is 1.67. The molecule has 0 aliphatic rings. The van der Waals surface area contributed by atoms with Crippen molar-refractivity contribution < 1.29 is 42.7 Å². The molecule has 11 heteroatoms. The first-order valence-electron chi connectivity index (χ1n) is 12.6. The van der Waals surface area contributed by atoms with E-state index in [1.165, 1.54) is 0 Å². The summed E-state index contributed by atoms with van der Waals surface area (Å²) in [4.78, 5) is 24.1. The Bertz CT molecular complexity index is 966. The molecule has 39 heavy (non-hydrogen) atoms. The number of rotatable bonds is 18. The molecule has 0 radical (unpaired) electrons. The summed E-state index contributed by atoms with van der Waals surface area (Å²) in [7, 11) is 0. The van der Waals surface area contributed by atoms with Crippen LogP contribution in [-0.2, 0) is 33.3 Å². The monoisotopic (exact) mass is 586 g/mol. The van der Waals surface area contributed by atoms with Gasteiger partial charge in [0.2, 0.25) is 0 Å². The van der Waals surface area contributed by atoms with Gasteiger partial charge >= 0.3 is 11.9 Å². The number of benzene rings is 2. The number of esters is 2. The third kappa shape index (κ3) is 12.9. The average molecular weight is 587 g/mol. The van der Waals surface area contributed by atoms with Gasteiger partial charge < -0.3 is 33.2 Å². The minimum absolute atomic E-state index is 0.108. The van der Waals surface area contributed by atoms with E-state index in [2.05, 4.69) is 0 Å². The number of aryl methyl sites for hydroxylation is 2. The molecular weight excluding hydrogens is 551 g/mol. The summed E-state index contributed by atoms with van der Waals surface area (Å²) in [6.45, 7) is 9.04. The zero-order chi connectivity index (χ0) is 28.6. The fraction of sp³-hybridized carbons (Fsp3) is 0.500. The van der Waals surface area contributed by atoms with Gasteiger partial charge in [0.15, 0.2) is 12.2 Å². The molecule has 0 unspecified atom stereocenters. The minimum Gasteiger partial charge on any atom is -0.479 e. The second-order valence-electron chi connectivity index (χ2n) is 8.51. The molecule has 0 aromatic heterocycles. The van der Waals surface area contributed by atoms with E-state index in [9.17, 15) is 9.59 Å². The highest BCUT2D eigenvalue weighted by Crippen LogP contribution is 2.24. The van der Waals surface area contributed by atoms with Crippen LogP contribution in [0, 0.1) is 13.8 Å². The highest BCUT2D eigenvalue weighted by atomic mass is 35.5. The maximum atomic E-state index is 12.1. The minimum atomic E-state index is -0.757. The summed E-state index contributed by atoms with van der Waals surface area (Å²) in [6.07, 6.45) is -1.51. The Balaban J connectivity index is 1.41. The predicted octanol–water partition coefficient (Wildman–Crippen LogP) is 4.98. The van der Waals surface area contributed by atoms with E-state index in [0.717, 1.165) is 11.1 Å². The van der Waals surface area contributed by atoms with E-state index in [-0.39, 0.29) is 26.4 Å². The zero-order valence-corrected chi connectivity index (χ0v) is 24.2. The Morgan fingerprint density at radius 2 is 0.949 bits per heavy atom. The molecule has 0 saturated heterocycles. The summed E-state index contributed by atoms with van der Waals surface area (Å²) in [5, 5.41) is 1.20. The van der Waals surface area contributed by atoms with Crippen LogP contribution >= 0.6 is 23.2 Å². The fourth-order valence-corrected chi connectivity index (χ4v) is 3.60. The lowest BCUT2D eigenvalue weighted by molar-refractivity contribution is -0.153. The Hall–Kier alpha value is -2.56. The molecule has 0 aliphatic heterocycles. The first-order chi connectivity index (χ1) is 18.7. The van der Waals surface area contributed by atoms with Gasteiger partial charge in [0.25, 0.3) is 0 Å². The Morgan fingerprint density at radius 3 is 1.28 bits per heavy atom. The van der Waals surface area contributed by atoms with Gasteiger partial charge in [-0.15, -0.1) is 0 Å². The summed E-state index contributed by atoms with van der Waals surface area (Å²) in [5.74, 6) is 0.190. The highest BCUT2D eigenvalue weighted by Gasteiger charge is 2.18. The fourth-order valence-electron chi connectivity index (χ4n) is 3.15. The molecule has 0 bridgehead atoms. The molecule has 0 fully saturated rings. The Labute approximate surface area is 239 Å². The molecule has 2 aromatic rings. The summed E-state index contributed by atoms with van der Waals surface area (Å²) >= 11 is 11.9. The van der Waals surface area contributed by atoms with Crippen LogP contribution in [0.5, 0.6) is 11.5 Å². The van der Waals surface area contributed by atoms with Crippen LogP contribution in [0.4, 0.5) is 0 Å². The molecule has 0 saturated carbocycles. The molecule has 0 aliphatic carbocycles. The Kier molecular flexibility index (Phi) is 15.0. The standard InChI is InChI=1S/C28H36Cl2O9/c1-19-17-23(29)5-7-25(19)38-21(3)27(31)36-15-13-34-11-9-33-10-12-35-14-16-37-28(32)22(4)39-26-8-6-24(30)18-20(26)2/h5-8,17-18,21-22H,9-16H2,1-4H3/t21-,22-/m1/s1. The van der Waals surface area contributed by atoms with Crippen molar-refractivity contribution in [1.29, 1.82) is 0 Å². The quantitative estimate of drug-likeness (QED) is 0.177. The number of halogens is 2. The van der Waals surface area contributed by atoms with Gasteiger partial charge in [-0.1, -0.05) is 23.2 Å². The lowest BCUT2D eigenvalue weighted by Crippen LogP contribution is -2.27. The predicted molar refractivity (Wildman–Crippen MR) is 147 cm³/mol. The van der Waals surface area contributed by atoms with Gasteiger partial charge in [-0.2, -0.15) is 0 Å². The van der Waals surface area contributed by atoms with Crippen LogP contribution in [-0.4, -0.2) is 77.0 Å². The van der Waals surface area contributed by atoms with Crippen LogP contribution in [0.2, 0.25) is 10.0 Å². The van der Waals surface area contributed by atoms with Crippen molar-refractivity contribution in [3.8, 4) is 11.5 Å². The third-order valence-electron chi connectivity index (χ3n) is 5.23. The van der Waals surface area contributed by atoms with E-state index in [1.54, 1.807) is 50.2 Å². The van der Waals surface area contributed by atoms with E-state index in [1.807, 2.05) is 13.8 Å². The SMILES string of the molecule is Cc1cc(Cl)ccc1O[C@H](C)C(=O)OCCOCCOCCOCCOC(=O)[C@@H](C)Oc1ccc(Cl)cc1C. The van der Waals surface area contributed by atoms with Crippen molar-refractivity contribution in [2.45, 2.75) is 39.9 Å². The van der Waals surface area contributed by atoms with Crippen molar-refractivity contribution in [2.75, 3.05) is 52.9 Å². The lowest BCUT2D eigenvalue weighted by atomic mass is 10.2. The summed E-state index contributed by atoms with van der Waals surface area (Å²) in [6, 6.07) is 10.3. The highest BCUT2D eigenvalue weighted by molar-refractivity contribution is 6.31. The van der Waals surface area contributed by atoms with Crippen LogP contribution in [0.25, 0.3) is 0 Å². The topological polar surface area (TPSA) is 98.8 Å². The van der Waals surface area contributed by atoms with E-state index < -0.39 is 24.1 Å². The second-order valence-corrected chi connectivity index (χ2v) is 9.38. The van der Waals surface area contributed by atoms with Gasteiger partial charge in [-0.25, -0.2) is 9.59 Å². The molecular formula is C28H36Cl2O9. The van der Waals surface area contributed by atoms with Crippen LogP contribution in [0.15, 0.2) is 36.4 Å². The van der Waals surface area contributed by atoms with Crippen molar-refractivity contribution in [2.24, 2.45) is 0 Å². The molecule has 9 nitrogen and oxygen atoms in total. The normalized spacial score (nSPS) is 12.5. The number of hydrogen-bond acceptors (Lipinski definition) is 9. The van der Waals surface area contributed by atoms with Gasteiger partial charge in [0.05, 0.1) is 39.6 Å². The molecule has 0 spiro atoms. The van der Waals surface area contributed by atoms with Gasteiger partial charge in [-0.3, -0.25) is 0 Å². The average Bonchev–Trinajstić information content (AvgIpc) is 2.89. The Morgan fingerprint density at radius 1 is 0.615 bits per heavy atom. The molecule has 0 N–H and O–H groups in total. The third-order valence-corrected chi connectivity index (χ3v) is 5.70. The van der Waals surface area contributed by atoms with E-state index >= 15 is 0 Å². The first kappa shape index (κ1) is 32.7. The molecule has 2 aromatic carbocycles. The van der Waals surface area contributed by atoms with Gasteiger partial charge in [-0.05, 0) is 75.2 Å². The number of carbonyl (C=O) groups is 2. The van der Waals surface area contributed by atoms with Gasteiger partial charge in [0.1, 0.15) is 24.7 Å². The molecule has 216 valence electrons. The number of carbonyl (C=O) groups excluding carboxylic acids is 2. The summed E-state index contributed by atoms with van der Waals surface area (Å²) < 4.78 is 37.8. The maximum Gasteiger partial charge on any atom is 0.347 e. The molecule has 2 atom stereocenters. The van der Waals surface area contributed by atoms with Crippen molar-refractivity contribution in [3.05, 3.63) is 57.6 Å². The van der Waals surface area contributed by atoms with E-state index in [4.69, 9.17) is 56.4 Å². The van der Waals surface area contributed by atoms with Crippen LogP contribution in [0.3, 0.4) is 0 Å². The largest absolute Gasteiger partial charge is 0.479 e. The zero-order valence-electron chi connectivity index (χ0n) is 22.7. The maximum absolute atomic E-state index is 12.1. The van der Waals surface area contributed by atoms with Crippen molar-refractivity contribution in [3.63, 3.8) is 0 Å². The molecule has 0 heterocycles. The van der Waals surface area contributed by atoms with Crippen LogP contribution in [0.1, 0.15) is 25.0 Å². The number of ether oxygens (including phenoxy) is 7. The van der Waals surface area contributed by atoms with Gasteiger partial charge in [0, 0.05) is 10.0 Å².